The summed E-state index contributed by atoms with van der Waals surface area (Å²) in [5, 5.41) is 20.9. The molecule has 0 amide bonds. The number of hydrogen-bond donors (Lipinski definition) is 1. The number of benzene rings is 1. The zero-order valence-corrected chi connectivity index (χ0v) is 12.1. The van der Waals surface area contributed by atoms with Gasteiger partial charge in [-0.25, -0.2) is 0 Å². The van der Waals surface area contributed by atoms with Crippen molar-refractivity contribution in [1.29, 1.82) is 0 Å². The molecular weight excluding hydrogens is 256 g/mol. The first-order valence-corrected chi connectivity index (χ1v) is 7.27. The maximum atomic E-state index is 11.3. The molecule has 0 unspecified atom stereocenters. The van der Waals surface area contributed by atoms with Crippen LogP contribution in [0.2, 0.25) is 0 Å². The Hall–Kier alpha value is -1.62. The number of aliphatic hydroxyl groups is 1. The van der Waals surface area contributed by atoms with Crippen molar-refractivity contribution in [2.45, 2.75) is 51.7 Å². The number of nitrogens with zero attached hydrogens (tertiary/aromatic N) is 2. The predicted octanol–water partition coefficient (Wildman–Crippen LogP) is 3.42. The maximum Gasteiger partial charge on any atom is 0.292 e. The van der Waals surface area contributed by atoms with Gasteiger partial charge < -0.3 is 10.0 Å². The minimum atomic E-state index is -0.690. The average molecular weight is 278 g/mol. The molecule has 0 radical (unpaired) electrons. The largest absolute Gasteiger partial charge is 0.389 e. The lowest BCUT2D eigenvalue weighted by Crippen LogP contribution is -2.33. The van der Waals surface area contributed by atoms with Crippen molar-refractivity contribution in [3.63, 3.8) is 0 Å². The fraction of sp³-hybridized carbons (Fsp3) is 0.600. The van der Waals surface area contributed by atoms with E-state index < -0.39 is 6.10 Å². The monoisotopic (exact) mass is 278 g/mol. The van der Waals surface area contributed by atoms with Crippen LogP contribution in [0.15, 0.2) is 18.2 Å². The summed E-state index contributed by atoms with van der Waals surface area (Å²) in [6.45, 7) is 4.41. The lowest BCUT2D eigenvalue weighted by atomic mass is 10.1. The molecule has 0 spiro atoms. The normalized spacial score (nSPS) is 17.1. The number of aliphatic hydroxyl groups excluding tert-OH is 1. The minimum absolute atomic E-state index is 0.0946. The van der Waals surface area contributed by atoms with E-state index in [2.05, 4.69) is 4.90 Å². The molecule has 0 bridgehead atoms. The van der Waals surface area contributed by atoms with Crippen LogP contribution in [0.3, 0.4) is 0 Å². The lowest BCUT2D eigenvalue weighted by molar-refractivity contribution is -0.384. The van der Waals surface area contributed by atoms with E-state index in [9.17, 15) is 15.2 Å². The fourth-order valence-corrected chi connectivity index (χ4v) is 3.03. The van der Waals surface area contributed by atoms with Gasteiger partial charge in [-0.3, -0.25) is 10.1 Å². The Morgan fingerprint density at radius 2 is 2.10 bits per heavy atom. The van der Waals surface area contributed by atoms with Gasteiger partial charge in [-0.1, -0.05) is 18.9 Å². The summed E-state index contributed by atoms with van der Waals surface area (Å²) in [6.07, 6.45) is 3.90. The lowest BCUT2D eigenvalue weighted by Gasteiger charge is -2.29. The van der Waals surface area contributed by atoms with E-state index in [4.69, 9.17) is 0 Å². The standard InChI is InChI=1S/C15H22N2O3/c1-3-16(13-6-4-5-7-13)14-9-8-12(11(2)18)10-15(14)17(19)20/h8-11,13,18H,3-7H2,1-2H3/t11-/m1/s1. The summed E-state index contributed by atoms with van der Waals surface area (Å²) in [5.74, 6) is 0. The van der Waals surface area contributed by atoms with Crippen molar-refractivity contribution in [3.8, 4) is 0 Å². The van der Waals surface area contributed by atoms with Gasteiger partial charge >= 0.3 is 0 Å². The highest BCUT2D eigenvalue weighted by molar-refractivity contribution is 5.65. The van der Waals surface area contributed by atoms with Crippen molar-refractivity contribution in [1.82, 2.24) is 0 Å². The Bertz CT molecular complexity index is 482. The smallest absolute Gasteiger partial charge is 0.292 e. The molecule has 1 N–H and O–H groups in total. The van der Waals surface area contributed by atoms with Gasteiger partial charge in [0, 0.05) is 18.7 Å². The molecular formula is C15H22N2O3. The molecule has 1 aromatic rings. The van der Waals surface area contributed by atoms with Gasteiger partial charge in [0.2, 0.25) is 0 Å². The fourth-order valence-electron chi connectivity index (χ4n) is 3.03. The van der Waals surface area contributed by atoms with Gasteiger partial charge in [0.1, 0.15) is 5.69 Å². The van der Waals surface area contributed by atoms with Gasteiger partial charge in [0.05, 0.1) is 11.0 Å². The van der Waals surface area contributed by atoms with Gasteiger partial charge in [-0.2, -0.15) is 0 Å². The first-order chi connectivity index (χ1) is 9.54. The number of nitro benzene ring substituents is 1. The van der Waals surface area contributed by atoms with Crippen molar-refractivity contribution < 1.29 is 10.0 Å². The van der Waals surface area contributed by atoms with E-state index in [1.54, 1.807) is 19.1 Å². The van der Waals surface area contributed by atoms with E-state index in [1.807, 2.05) is 6.92 Å². The summed E-state index contributed by atoms with van der Waals surface area (Å²) < 4.78 is 0. The molecule has 5 heteroatoms. The Morgan fingerprint density at radius 1 is 1.45 bits per heavy atom. The molecule has 1 aromatic carbocycles. The maximum absolute atomic E-state index is 11.3. The second-order valence-electron chi connectivity index (χ2n) is 5.41. The zero-order valence-electron chi connectivity index (χ0n) is 12.1. The van der Waals surface area contributed by atoms with Crippen LogP contribution in [0.1, 0.15) is 51.2 Å². The Morgan fingerprint density at radius 3 is 2.60 bits per heavy atom. The molecule has 1 fully saturated rings. The van der Waals surface area contributed by atoms with Gasteiger partial charge in [0.15, 0.2) is 0 Å². The summed E-state index contributed by atoms with van der Waals surface area (Å²) in [5.41, 5.74) is 1.36. The minimum Gasteiger partial charge on any atom is -0.389 e. The molecule has 5 nitrogen and oxygen atoms in total. The van der Waals surface area contributed by atoms with Crippen LogP contribution < -0.4 is 4.90 Å². The molecule has 0 aromatic heterocycles. The van der Waals surface area contributed by atoms with E-state index in [0.717, 1.165) is 19.4 Å². The predicted molar refractivity (Wildman–Crippen MR) is 79.0 cm³/mol. The first-order valence-electron chi connectivity index (χ1n) is 7.27. The third kappa shape index (κ3) is 2.93. The van der Waals surface area contributed by atoms with Crippen LogP contribution >= 0.6 is 0 Å². The van der Waals surface area contributed by atoms with Crippen LogP contribution in [-0.2, 0) is 0 Å². The van der Waals surface area contributed by atoms with E-state index in [0.29, 0.717) is 17.3 Å². The molecule has 1 aliphatic carbocycles. The van der Waals surface area contributed by atoms with E-state index >= 15 is 0 Å². The van der Waals surface area contributed by atoms with Crippen molar-refractivity contribution in [3.05, 3.63) is 33.9 Å². The summed E-state index contributed by atoms with van der Waals surface area (Å²) >= 11 is 0. The van der Waals surface area contributed by atoms with Gasteiger partial charge in [0.25, 0.3) is 5.69 Å². The molecule has 0 saturated heterocycles. The van der Waals surface area contributed by atoms with Crippen LogP contribution in [0, 0.1) is 10.1 Å². The number of anilines is 1. The van der Waals surface area contributed by atoms with Gasteiger partial charge in [-0.15, -0.1) is 0 Å². The van der Waals surface area contributed by atoms with E-state index in [1.165, 1.54) is 18.9 Å². The summed E-state index contributed by atoms with van der Waals surface area (Å²) in [6, 6.07) is 5.46. The molecule has 1 aliphatic rings. The van der Waals surface area contributed by atoms with Crippen LogP contribution in [0.4, 0.5) is 11.4 Å². The molecule has 110 valence electrons. The van der Waals surface area contributed by atoms with Crippen molar-refractivity contribution in [2.24, 2.45) is 0 Å². The SMILES string of the molecule is CCN(c1ccc([C@@H](C)O)cc1[N+](=O)[O-])C1CCCC1. The Balaban J connectivity index is 2.40. The second-order valence-corrected chi connectivity index (χ2v) is 5.41. The Kier molecular flexibility index (Phi) is 4.60. The molecule has 0 aliphatic heterocycles. The van der Waals surface area contributed by atoms with Crippen molar-refractivity contribution in [2.75, 3.05) is 11.4 Å². The second kappa shape index (κ2) is 6.22. The Labute approximate surface area is 119 Å². The average Bonchev–Trinajstić information content (AvgIpc) is 2.93. The molecule has 1 atom stereocenters. The van der Waals surface area contributed by atoms with Crippen molar-refractivity contribution >= 4 is 11.4 Å². The zero-order chi connectivity index (χ0) is 14.7. The molecule has 1 saturated carbocycles. The third-order valence-corrected chi connectivity index (χ3v) is 4.09. The highest BCUT2D eigenvalue weighted by atomic mass is 16.6. The van der Waals surface area contributed by atoms with Crippen LogP contribution in [0.5, 0.6) is 0 Å². The van der Waals surface area contributed by atoms with Crippen LogP contribution in [-0.4, -0.2) is 22.6 Å². The highest BCUT2D eigenvalue weighted by Crippen LogP contribution is 2.35. The molecule has 0 heterocycles. The molecule has 20 heavy (non-hydrogen) atoms. The summed E-state index contributed by atoms with van der Waals surface area (Å²) in [4.78, 5) is 13.1. The van der Waals surface area contributed by atoms with Crippen LogP contribution in [0.25, 0.3) is 0 Å². The topological polar surface area (TPSA) is 66.6 Å². The van der Waals surface area contributed by atoms with E-state index in [-0.39, 0.29) is 10.6 Å². The quantitative estimate of drug-likeness (QED) is 0.662. The van der Waals surface area contributed by atoms with Gasteiger partial charge in [-0.05, 0) is 38.3 Å². The number of nitro groups is 1. The third-order valence-electron chi connectivity index (χ3n) is 4.09. The number of rotatable bonds is 5. The first kappa shape index (κ1) is 14.8. The highest BCUT2D eigenvalue weighted by Gasteiger charge is 2.27. The summed E-state index contributed by atoms with van der Waals surface area (Å²) in [7, 11) is 0. The molecule has 2 rings (SSSR count). The number of hydrogen-bond acceptors (Lipinski definition) is 4.